The summed E-state index contributed by atoms with van der Waals surface area (Å²) in [7, 11) is 1.41. The molecule has 0 saturated carbocycles. The molecule has 1 aromatic carbocycles. The molecule has 0 aliphatic carbocycles. The fourth-order valence-electron chi connectivity index (χ4n) is 2.28. The lowest BCUT2D eigenvalue weighted by atomic mass is 10.1. The van der Waals surface area contributed by atoms with Crippen LogP contribution in [0.3, 0.4) is 0 Å². The van der Waals surface area contributed by atoms with E-state index in [1.54, 1.807) is 13.3 Å². The zero-order valence-electron chi connectivity index (χ0n) is 14.0. The van der Waals surface area contributed by atoms with Crippen LogP contribution in [0.15, 0.2) is 24.5 Å². The van der Waals surface area contributed by atoms with Gasteiger partial charge in [0, 0.05) is 11.6 Å². The zero-order valence-corrected chi connectivity index (χ0v) is 14.0. The summed E-state index contributed by atoms with van der Waals surface area (Å²) < 4.78 is 6.91. The van der Waals surface area contributed by atoms with E-state index in [-0.39, 0.29) is 23.2 Å². The van der Waals surface area contributed by atoms with Crippen molar-refractivity contribution in [3.05, 3.63) is 41.5 Å². The highest BCUT2D eigenvalue weighted by atomic mass is 16.5. The Hall–Kier alpha value is -2.90. The lowest BCUT2D eigenvalue weighted by Crippen LogP contribution is -2.29. The molecule has 0 saturated heterocycles. The van der Waals surface area contributed by atoms with E-state index in [0.717, 1.165) is 0 Å². The molecule has 0 spiro atoms. The predicted molar refractivity (Wildman–Crippen MR) is 86.2 cm³/mol. The molecule has 0 bridgehead atoms. The number of hydrogen-bond donors (Lipinski definition) is 2. The van der Waals surface area contributed by atoms with Crippen molar-refractivity contribution in [2.24, 2.45) is 0 Å². The second-order valence-corrected chi connectivity index (χ2v) is 5.64. The number of benzene rings is 1. The fourth-order valence-corrected chi connectivity index (χ4v) is 2.28. The third-order valence-electron chi connectivity index (χ3n) is 3.54. The average molecular weight is 332 g/mol. The van der Waals surface area contributed by atoms with E-state index in [4.69, 9.17) is 9.84 Å². The van der Waals surface area contributed by atoms with Crippen LogP contribution in [0.4, 0.5) is 0 Å². The number of aromatic nitrogens is 3. The molecule has 1 aromatic heterocycles. The number of amides is 1. The van der Waals surface area contributed by atoms with Gasteiger partial charge in [-0.05, 0) is 39.0 Å². The number of methoxy groups -OCH3 is 1. The number of hydrogen-bond acceptors (Lipinski definition) is 5. The van der Waals surface area contributed by atoms with Gasteiger partial charge in [-0.1, -0.05) is 0 Å². The molecule has 8 heteroatoms. The second-order valence-electron chi connectivity index (χ2n) is 5.64. The first-order chi connectivity index (χ1) is 11.3. The van der Waals surface area contributed by atoms with E-state index in [0.29, 0.717) is 11.6 Å². The highest BCUT2D eigenvalue weighted by molar-refractivity contribution is 5.98. The van der Waals surface area contributed by atoms with E-state index in [1.165, 1.54) is 25.3 Å². The van der Waals surface area contributed by atoms with Crippen LogP contribution in [0.2, 0.25) is 0 Å². The van der Waals surface area contributed by atoms with Crippen LogP contribution in [0.25, 0.3) is 0 Å². The van der Waals surface area contributed by atoms with Crippen molar-refractivity contribution in [3.63, 3.8) is 0 Å². The largest absolute Gasteiger partial charge is 0.497 e. The number of carbonyl (C=O) groups excluding carboxylic acids is 1. The van der Waals surface area contributed by atoms with E-state index < -0.39 is 11.9 Å². The third-order valence-corrected chi connectivity index (χ3v) is 3.54. The van der Waals surface area contributed by atoms with Gasteiger partial charge in [0.1, 0.15) is 12.1 Å². The molecule has 24 heavy (non-hydrogen) atoms. The number of nitrogens with one attached hydrogen (secondary N) is 1. The van der Waals surface area contributed by atoms with Crippen molar-refractivity contribution in [1.29, 1.82) is 0 Å². The first-order valence-corrected chi connectivity index (χ1v) is 7.46. The molecule has 8 nitrogen and oxygen atoms in total. The van der Waals surface area contributed by atoms with Gasteiger partial charge in [0.25, 0.3) is 5.91 Å². The maximum atomic E-state index is 12.5. The van der Waals surface area contributed by atoms with Crippen LogP contribution in [-0.2, 0) is 0 Å². The van der Waals surface area contributed by atoms with Crippen molar-refractivity contribution in [2.45, 2.75) is 32.9 Å². The molecule has 0 aliphatic heterocycles. The normalized spacial score (nSPS) is 12.0. The summed E-state index contributed by atoms with van der Waals surface area (Å²) in [5.41, 5.74) is 0.187. The van der Waals surface area contributed by atoms with Gasteiger partial charge in [-0.25, -0.2) is 4.79 Å². The maximum absolute atomic E-state index is 12.5. The lowest BCUT2D eigenvalue weighted by molar-refractivity contribution is 0.0696. The van der Waals surface area contributed by atoms with E-state index in [9.17, 15) is 9.59 Å². The van der Waals surface area contributed by atoms with E-state index in [1.807, 2.05) is 18.4 Å². The molecule has 0 aliphatic rings. The van der Waals surface area contributed by atoms with Crippen LogP contribution in [-0.4, -0.2) is 38.9 Å². The molecule has 2 aromatic rings. The van der Waals surface area contributed by atoms with Crippen molar-refractivity contribution >= 4 is 11.9 Å². The predicted octanol–water partition coefficient (Wildman–Crippen LogP) is 2.06. The summed E-state index contributed by atoms with van der Waals surface area (Å²) in [5.74, 6) is -0.615. The number of nitrogens with zero attached hydrogens (tertiary/aromatic N) is 3. The number of aromatic carboxylic acids is 1. The van der Waals surface area contributed by atoms with Gasteiger partial charge >= 0.3 is 5.97 Å². The first-order valence-electron chi connectivity index (χ1n) is 7.46. The zero-order chi connectivity index (χ0) is 17.9. The molecule has 1 amide bonds. The van der Waals surface area contributed by atoms with Crippen molar-refractivity contribution in [1.82, 2.24) is 20.1 Å². The standard InChI is InChI=1S/C16H20N4O4/c1-9(2)20-8-17-19-14(20)10(3)18-15(21)11-5-12(16(22)23)7-13(6-11)24-4/h5-10H,1-4H3,(H,18,21)(H,22,23)/t10-/m0/s1. The minimum Gasteiger partial charge on any atom is -0.497 e. The third kappa shape index (κ3) is 3.70. The second kappa shape index (κ2) is 7.12. The minimum absolute atomic E-state index is 0.0162. The lowest BCUT2D eigenvalue weighted by Gasteiger charge is -2.17. The van der Waals surface area contributed by atoms with E-state index in [2.05, 4.69) is 15.5 Å². The van der Waals surface area contributed by atoms with Gasteiger partial charge in [-0.3, -0.25) is 4.79 Å². The van der Waals surface area contributed by atoms with Crippen molar-refractivity contribution in [2.75, 3.05) is 7.11 Å². The summed E-state index contributed by atoms with van der Waals surface area (Å²) in [6, 6.07) is 3.92. The average Bonchev–Trinajstić information content (AvgIpc) is 3.04. The fraction of sp³-hybridized carbons (Fsp3) is 0.375. The molecular weight excluding hydrogens is 312 g/mol. The molecule has 2 N–H and O–H groups in total. The minimum atomic E-state index is -1.13. The van der Waals surface area contributed by atoms with Crippen LogP contribution in [0.5, 0.6) is 5.75 Å². The summed E-state index contributed by atoms with van der Waals surface area (Å²) >= 11 is 0. The molecule has 1 atom stereocenters. The summed E-state index contributed by atoms with van der Waals surface area (Å²) in [6.45, 7) is 5.77. The molecule has 128 valence electrons. The molecule has 1 heterocycles. The molecule has 0 fully saturated rings. The number of rotatable bonds is 6. The number of carbonyl (C=O) groups is 2. The van der Waals surface area contributed by atoms with Gasteiger partial charge in [0.05, 0.1) is 18.7 Å². The number of carboxylic acids is 1. The molecule has 2 rings (SSSR count). The van der Waals surface area contributed by atoms with Crippen molar-refractivity contribution in [3.8, 4) is 5.75 Å². The highest BCUT2D eigenvalue weighted by Crippen LogP contribution is 2.19. The van der Waals surface area contributed by atoms with Crippen LogP contribution in [0, 0.1) is 0 Å². The first kappa shape index (κ1) is 17.5. The Morgan fingerprint density at radius 2 is 1.88 bits per heavy atom. The SMILES string of the molecule is COc1cc(C(=O)O)cc(C(=O)N[C@@H](C)c2nncn2C(C)C)c1. The van der Waals surface area contributed by atoms with Gasteiger partial charge in [-0.15, -0.1) is 10.2 Å². The Kier molecular flexibility index (Phi) is 5.18. The van der Waals surface area contributed by atoms with Gasteiger partial charge in [-0.2, -0.15) is 0 Å². The Bertz CT molecular complexity index is 754. The van der Waals surface area contributed by atoms with Gasteiger partial charge in [0.2, 0.25) is 0 Å². The van der Waals surface area contributed by atoms with Crippen LogP contribution < -0.4 is 10.1 Å². The number of ether oxygens (including phenoxy) is 1. The summed E-state index contributed by atoms with van der Waals surface area (Å²) in [4.78, 5) is 23.6. The Labute approximate surface area is 139 Å². The van der Waals surface area contributed by atoms with Crippen LogP contribution >= 0.6 is 0 Å². The smallest absolute Gasteiger partial charge is 0.335 e. The number of carboxylic acid groups (broad SMARTS) is 1. The van der Waals surface area contributed by atoms with Crippen LogP contribution in [0.1, 0.15) is 59.4 Å². The van der Waals surface area contributed by atoms with Gasteiger partial charge in [0.15, 0.2) is 5.82 Å². The monoisotopic (exact) mass is 332 g/mol. The Morgan fingerprint density at radius 1 is 1.21 bits per heavy atom. The summed E-state index contributed by atoms with van der Waals surface area (Å²) in [6.07, 6.45) is 1.61. The summed E-state index contributed by atoms with van der Waals surface area (Å²) in [5, 5.41) is 19.8. The van der Waals surface area contributed by atoms with E-state index >= 15 is 0 Å². The highest BCUT2D eigenvalue weighted by Gasteiger charge is 2.19. The van der Waals surface area contributed by atoms with Crippen molar-refractivity contribution < 1.29 is 19.4 Å². The van der Waals surface area contributed by atoms with Gasteiger partial charge < -0.3 is 19.7 Å². The maximum Gasteiger partial charge on any atom is 0.335 e. The topological polar surface area (TPSA) is 106 Å². The molecule has 0 unspecified atom stereocenters. The molecular formula is C16H20N4O4. The quantitative estimate of drug-likeness (QED) is 0.838. The Morgan fingerprint density at radius 3 is 2.46 bits per heavy atom. The Balaban J connectivity index is 2.24. The molecule has 0 radical (unpaired) electrons.